The molecule has 1 fully saturated rings. The lowest BCUT2D eigenvalue weighted by atomic mass is 9.99. The van der Waals surface area contributed by atoms with Gasteiger partial charge in [0.25, 0.3) is 0 Å². The van der Waals surface area contributed by atoms with Crippen molar-refractivity contribution in [2.45, 2.75) is 25.7 Å². The highest BCUT2D eigenvalue weighted by Crippen LogP contribution is 2.29. The van der Waals surface area contributed by atoms with Gasteiger partial charge in [-0.25, -0.2) is 0 Å². The Morgan fingerprint density at radius 3 is 2.63 bits per heavy atom. The van der Waals surface area contributed by atoms with Crippen molar-refractivity contribution in [2.75, 3.05) is 26.2 Å². The predicted molar refractivity (Wildman–Crippen MR) is 61.3 cm³/mol. The van der Waals surface area contributed by atoms with Gasteiger partial charge in [-0.15, -0.1) is 10.2 Å². The van der Waals surface area contributed by atoms with Crippen molar-refractivity contribution >= 4 is 0 Å². The van der Waals surface area contributed by atoms with E-state index in [4.69, 9.17) is 0 Å². The molecule has 0 saturated carbocycles. The monoisotopic (exact) mass is 275 g/mol. The van der Waals surface area contributed by atoms with Crippen molar-refractivity contribution in [3.05, 3.63) is 11.6 Å². The van der Waals surface area contributed by atoms with Crippen LogP contribution in [0.25, 0.3) is 0 Å². The zero-order chi connectivity index (χ0) is 13.5. The molecule has 19 heavy (non-hydrogen) atoms. The Kier molecular flexibility index (Phi) is 3.22. The Balaban J connectivity index is 1.62. The highest BCUT2D eigenvalue weighted by Gasteiger charge is 2.39. The van der Waals surface area contributed by atoms with Gasteiger partial charge in [0.1, 0.15) is 5.82 Å². The average Bonchev–Trinajstić information content (AvgIpc) is 2.69. The van der Waals surface area contributed by atoms with Crippen LogP contribution in [0, 0.1) is 5.92 Å². The molecule has 3 heterocycles. The minimum absolute atomic E-state index is 0.320. The lowest BCUT2D eigenvalue weighted by molar-refractivity contribution is -0.148. The van der Waals surface area contributed by atoms with E-state index in [1.165, 1.54) is 4.57 Å². The molecule has 1 aromatic heterocycles. The highest BCUT2D eigenvalue weighted by molar-refractivity contribution is 5.02. The predicted octanol–water partition coefficient (Wildman–Crippen LogP) is 0.722. The van der Waals surface area contributed by atoms with Crippen LogP contribution in [0.2, 0.25) is 0 Å². The van der Waals surface area contributed by atoms with Crippen LogP contribution in [0.3, 0.4) is 0 Å². The molecular formula is C11H16F3N5. The largest absolute Gasteiger partial charge is 0.451 e. The molecule has 1 N–H and O–H groups in total. The summed E-state index contributed by atoms with van der Waals surface area (Å²) in [6.45, 7) is 4.45. The molecule has 0 bridgehead atoms. The number of hydrogen-bond acceptors (Lipinski definition) is 4. The summed E-state index contributed by atoms with van der Waals surface area (Å²) in [5.74, 6) is 0.265. The highest BCUT2D eigenvalue weighted by atomic mass is 19.4. The molecule has 0 spiro atoms. The van der Waals surface area contributed by atoms with Gasteiger partial charge in [0.15, 0.2) is 0 Å². The number of rotatable bonds is 3. The van der Waals surface area contributed by atoms with E-state index in [1.54, 1.807) is 0 Å². The van der Waals surface area contributed by atoms with Crippen molar-refractivity contribution in [3.8, 4) is 0 Å². The van der Waals surface area contributed by atoms with Gasteiger partial charge in [-0.05, 0) is 32.0 Å². The molecule has 5 nitrogen and oxygen atoms in total. The molecule has 2 aliphatic heterocycles. The van der Waals surface area contributed by atoms with Gasteiger partial charge in [-0.2, -0.15) is 13.2 Å². The first-order valence-corrected chi connectivity index (χ1v) is 6.46. The van der Waals surface area contributed by atoms with E-state index in [1.807, 2.05) is 0 Å². The molecule has 0 amide bonds. The van der Waals surface area contributed by atoms with Gasteiger partial charge in [0.05, 0.1) is 6.54 Å². The zero-order valence-electron chi connectivity index (χ0n) is 10.4. The molecule has 2 aliphatic rings. The second-order valence-electron chi connectivity index (χ2n) is 5.18. The summed E-state index contributed by atoms with van der Waals surface area (Å²) >= 11 is 0. The van der Waals surface area contributed by atoms with E-state index in [9.17, 15) is 13.2 Å². The van der Waals surface area contributed by atoms with E-state index in [0.29, 0.717) is 31.4 Å². The van der Waals surface area contributed by atoms with Crippen LogP contribution in [0.1, 0.15) is 18.1 Å². The molecule has 106 valence electrons. The van der Waals surface area contributed by atoms with Crippen LogP contribution >= 0.6 is 0 Å². The van der Waals surface area contributed by atoms with Crippen LogP contribution in [-0.2, 0) is 19.3 Å². The Labute approximate surface area is 108 Å². The molecule has 0 aliphatic carbocycles. The fraction of sp³-hybridized carbons (Fsp3) is 0.818. The van der Waals surface area contributed by atoms with Gasteiger partial charge in [-0.1, -0.05) is 0 Å². The number of nitrogens with zero attached hydrogens (tertiary/aromatic N) is 4. The summed E-state index contributed by atoms with van der Waals surface area (Å²) in [6.07, 6.45) is -3.32. The van der Waals surface area contributed by atoms with Crippen LogP contribution in [0.4, 0.5) is 13.2 Å². The second-order valence-corrected chi connectivity index (χ2v) is 5.18. The average molecular weight is 275 g/mol. The summed E-state index contributed by atoms with van der Waals surface area (Å²) in [5.41, 5.74) is 0. The fourth-order valence-electron chi connectivity index (χ4n) is 2.53. The molecule has 0 aromatic carbocycles. The Morgan fingerprint density at radius 1 is 1.21 bits per heavy atom. The van der Waals surface area contributed by atoms with E-state index in [0.717, 1.165) is 26.1 Å². The van der Waals surface area contributed by atoms with E-state index in [-0.39, 0.29) is 0 Å². The third kappa shape index (κ3) is 2.59. The normalized spacial score (nSPS) is 21.2. The number of alkyl halides is 3. The Morgan fingerprint density at radius 2 is 2.00 bits per heavy atom. The van der Waals surface area contributed by atoms with Crippen molar-refractivity contribution in [3.63, 3.8) is 0 Å². The molecule has 0 unspecified atom stereocenters. The minimum Gasteiger partial charge on any atom is -0.316 e. The number of fused-ring (bicyclic) bond motifs is 1. The summed E-state index contributed by atoms with van der Waals surface area (Å²) in [5, 5.41) is 10.2. The first kappa shape index (κ1) is 12.9. The summed E-state index contributed by atoms with van der Waals surface area (Å²) in [6, 6.07) is 0. The quantitative estimate of drug-likeness (QED) is 0.883. The summed E-state index contributed by atoms with van der Waals surface area (Å²) in [4.78, 5) is 2.16. The van der Waals surface area contributed by atoms with E-state index >= 15 is 0 Å². The van der Waals surface area contributed by atoms with Crippen LogP contribution in [-0.4, -0.2) is 45.8 Å². The Bertz CT molecular complexity index is 452. The van der Waals surface area contributed by atoms with Crippen molar-refractivity contribution < 1.29 is 13.2 Å². The maximum atomic E-state index is 12.7. The second kappa shape index (κ2) is 4.75. The third-order valence-corrected chi connectivity index (χ3v) is 3.81. The summed E-state index contributed by atoms with van der Waals surface area (Å²) < 4.78 is 39.2. The van der Waals surface area contributed by atoms with Crippen LogP contribution < -0.4 is 5.32 Å². The van der Waals surface area contributed by atoms with Crippen molar-refractivity contribution in [1.82, 2.24) is 25.0 Å². The first-order valence-electron chi connectivity index (χ1n) is 6.46. The van der Waals surface area contributed by atoms with Crippen molar-refractivity contribution in [1.29, 1.82) is 0 Å². The molecule has 0 radical (unpaired) electrons. The molecule has 1 aromatic rings. The molecule has 8 heteroatoms. The lowest BCUT2D eigenvalue weighted by Crippen LogP contribution is -2.44. The lowest BCUT2D eigenvalue weighted by Gasteiger charge is -2.32. The fourth-order valence-corrected chi connectivity index (χ4v) is 2.53. The Hall–Kier alpha value is -1.15. The van der Waals surface area contributed by atoms with E-state index < -0.39 is 12.0 Å². The number of hydrogen-bond donors (Lipinski definition) is 1. The number of halogens is 3. The van der Waals surface area contributed by atoms with Crippen LogP contribution in [0.15, 0.2) is 0 Å². The van der Waals surface area contributed by atoms with Crippen LogP contribution in [0.5, 0.6) is 0 Å². The maximum absolute atomic E-state index is 12.7. The third-order valence-electron chi connectivity index (χ3n) is 3.81. The van der Waals surface area contributed by atoms with Gasteiger partial charge < -0.3 is 9.88 Å². The summed E-state index contributed by atoms with van der Waals surface area (Å²) in [7, 11) is 0. The SMILES string of the molecule is FC(F)(F)c1nnc2n1CCN(CCC1CNC1)C2. The van der Waals surface area contributed by atoms with Gasteiger partial charge in [0, 0.05) is 13.1 Å². The van der Waals surface area contributed by atoms with Gasteiger partial charge >= 0.3 is 6.18 Å². The van der Waals surface area contributed by atoms with E-state index in [2.05, 4.69) is 20.4 Å². The first-order chi connectivity index (χ1) is 9.04. The number of nitrogens with one attached hydrogen (secondary N) is 1. The smallest absolute Gasteiger partial charge is 0.316 e. The minimum atomic E-state index is -4.41. The molecular weight excluding hydrogens is 259 g/mol. The number of aromatic nitrogens is 3. The van der Waals surface area contributed by atoms with Crippen molar-refractivity contribution in [2.24, 2.45) is 5.92 Å². The van der Waals surface area contributed by atoms with Gasteiger partial charge in [0.2, 0.25) is 5.82 Å². The molecule has 0 atom stereocenters. The standard InChI is InChI=1S/C11H16F3N5/c12-11(13,14)10-17-16-9-7-18(3-4-19(9)10)2-1-8-5-15-6-8/h8,15H,1-7H2. The maximum Gasteiger partial charge on any atom is 0.451 e. The van der Waals surface area contributed by atoms with Gasteiger partial charge in [-0.3, -0.25) is 4.90 Å². The molecule has 3 rings (SSSR count). The zero-order valence-corrected chi connectivity index (χ0v) is 10.4. The topological polar surface area (TPSA) is 46.0 Å². The molecule has 1 saturated heterocycles.